The zero-order valence-electron chi connectivity index (χ0n) is 17.4. The molecule has 1 aromatic carbocycles. The molecule has 0 radical (unpaired) electrons. The third kappa shape index (κ3) is 6.26. The van der Waals surface area contributed by atoms with E-state index in [0.717, 1.165) is 44.9 Å². The molecule has 27 heavy (non-hydrogen) atoms. The number of carbonyl (C=O) groups is 1. The fraction of sp³-hybridized carbons (Fsp3) is 0.636. The second-order valence-electron chi connectivity index (χ2n) is 7.91. The van der Waals surface area contributed by atoms with Gasteiger partial charge >= 0.3 is 0 Å². The first kappa shape index (κ1) is 21.3. The summed E-state index contributed by atoms with van der Waals surface area (Å²) >= 11 is 0. The first-order valence-corrected chi connectivity index (χ1v) is 10.3. The molecule has 1 aromatic rings. The Labute approximate surface area is 164 Å². The van der Waals surface area contributed by atoms with E-state index in [4.69, 9.17) is 4.99 Å². The lowest BCUT2D eigenvalue weighted by atomic mass is 9.85. The summed E-state index contributed by atoms with van der Waals surface area (Å²) in [4.78, 5) is 18.9. The van der Waals surface area contributed by atoms with Crippen LogP contribution in [0.1, 0.15) is 58.9 Å². The Balaban J connectivity index is 1.90. The molecule has 1 amide bonds. The second-order valence-corrected chi connectivity index (χ2v) is 7.91. The van der Waals surface area contributed by atoms with E-state index in [-0.39, 0.29) is 5.41 Å². The normalized spacial score (nSPS) is 16.5. The highest BCUT2D eigenvalue weighted by Crippen LogP contribution is 2.23. The van der Waals surface area contributed by atoms with E-state index in [1.807, 2.05) is 6.07 Å². The molecule has 5 heteroatoms. The quantitative estimate of drug-likeness (QED) is 0.516. The zero-order valence-corrected chi connectivity index (χ0v) is 17.4. The van der Waals surface area contributed by atoms with Crippen LogP contribution in [0.3, 0.4) is 0 Å². The van der Waals surface area contributed by atoms with Crippen molar-refractivity contribution in [2.45, 2.75) is 64.8 Å². The zero-order chi connectivity index (χ0) is 19.7. The first-order chi connectivity index (χ1) is 13.0. The molecule has 1 heterocycles. The third-order valence-corrected chi connectivity index (χ3v) is 5.32. The van der Waals surface area contributed by atoms with Gasteiger partial charge in [0.2, 0.25) is 5.91 Å². The number of guanidine groups is 1. The van der Waals surface area contributed by atoms with Gasteiger partial charge in [0, 0.05) is 37.5 Å². The van der Waals surface area contributed by atoms with Crippen LogP contribution >= 0.6 is 0 Å². The van der Waals surface area contributed by atoms with Crippen LogP contribution in [0.2, 0.25) is 0 Å². The van der Waals surface area contributed by atoms with Crippen molar-refractivity contribution in [3.05, 3.63) is 35.9 Å². The molecule has 0 spiro atoms. The maximum atomic E-state index is 12.0. The highest BCUT2D eigenvalue weighted by molar-refractivity contribution is 5.80. The van der Waals surface area contributed by atoms with E-state index in [1.54, 1.807) is 0 Å². The number of benzene rings is 1. The lowest BCUT2D eigenvalue weighted by Gasteiger charge is -2.27. The summed E-state index contributed by atoms with van der Waals surface area (Å²) in [7, 11) is 0. The van der Waals surface area contributed by atoms with Crippen LogP contribution < -0.4 is 10.6 Å². The van der Waals surface area contributed by atoms with Gasteiger partial charge in [0.15, 0.2) is 5.96 Å². The predicted molar refractivity (Wildman–Crippen MR) is 113 cm³/mol. The van der Waals surface area contributed by atoms with Crippen molar-refractivity contribution in [2.24, 2.45) is 4.99 Å². The van der Waals surface area contributed by atoms with E-state index in [9.17, 15) is 4.79 Å². The number of aliphatic imine (C=N–C) groups is 1. The van der Waals surface area contributed by atoms with E-state index in [1.165, 1.54) is 5.56 Å². The summed E-state index contributed by atoms with van der Waals surface area (Å²) in [6.07, 6.45) is 3.67. The average molecular weight is 373 g/mol. The summed E-state index contributed by atoms with van der Waals surface area (Å²) in [5.74, 6) is 1.16. The number of carbonyl (C=O) groups excluding carboxylic acids is 1. The number of nitrogens with zero attached hydrogens (tertiary/aromatic N) is 2. The van der Waals surface area contributed by atoms with Gasteiger partial charge in [-0.3, -0.25) is 9.79 Å². The summed E-state index contributed by atoms with van der Waals surface area (Å²) in [5, 5.41) is 6.78. The molecule has 1 unspecified atom stereocenters. The van der Waals surface area contributed by atoms with Gasteiger partial charge in [-0.1, -0.05) is 51.1 Å². The summed E-state index contributed by atoms with van der Waals surface area (Å²) in [6, 6.07) is 10.9. The molecule has 1 atom stereocenters. The molecule has 2 rings (SSSR count). The molecule has 1 aliphatic rings. The SMILES string of the molecule is CCNC(=NCC(C)(C)c1ccccc1)NCCC(CC)N1CCCC1=O. The van der Waals surface area contributed by atoms with Crippen molar-refractivity contribution in [3.63, 3.8) is 0 Å². The molecule has 0 saturated carbocycles. The van der Waals surface area contributed by atoms with E-state index in [2.05, 4.69) is 67.5 Å². The van der Waals surface area contributed by atoms with Crippen LogP contribution in [0.15, 0.2) is 35.3 Å². The van der Waals surface area contributed by atoms with Gasteiger partial charge in [0.05, 0.1) is 6.54 Å². The van der Waals surface area contributed by atoms with Gasteiger partial charge in [-0.2, -0.15) is 0 Å². The molecule has 0 bridgehead atoms. The molecule has 1 saturated heterocycles. The van der Waals surface area contributed by atoms with E-state index < -0.39 is 0 Å². The van der Waals surface area contributed by atoms with Crippen LogP contribution in [0.25, 0.3) is 0 Å². The van der Waals surface area contributed by atoms with Gasteiger partial charge in [-0.05, 0) is 31.7 Å². The largest absolute Gasteiger partial charge is 0.357 e. The van der Waals surface area contributed by atoms with Gasteiger partial charge in [-0.15, -0.1) is 0 Å². The fourth-order valence-electron chi connectivity index (χ4n) is 3.59. The maximum absolute atomic E-state index is 12.0. The minimum atomic E-state index is -0.0163. The molecule has 1 aliphatic heterocycles. The van der Waals surface area contributed by atoms with Gasteiger partial charge in [0.1, 0.15) is 0 Å². The second kappa shape index (κ2) is 10.3. The smallest absolute Gasteiger partial charge is 0.222 e. The molecule has 0 aromatic heterocycles. The molecular formula is C22H36N4O. The molecule has 5 nitrogen and oxygen atoms in total. The van der Waals surface area contributed by atoms with Gasteiger partial charge in [-0.25, -0.2) is 0 Å². The van der Waals surface area contributed by atoms with Crippen LogP contribution in [-0.2, 0) is 10.2 Å². The summed E-state index contributed by atoms with van der Waals surface area (Å²) < 4.78 is 0. The predicted octanol–water partition coefficient (Wildman–Crippen LogP) is 3.31. The first-order valence-electron chi connectivity index (χ1n) is 10.3. The summed E-state index contributed by atoms with van der Waals surface area (Å²) in [6.45, 7) is 12.0. The lowest BCUT2D eigenvalue weighted by Crippen LogP contribution is -2.42. The molecule has 150 valence electrons. The maximum Gasteiger partial charge on any atom is 0.222 e. The number of hydrogen-bond acceptors (Lipinski definition) is 2. The van der Waals surface area contributed by atoms with E-state index >= 15 is 0 Å². The van der Waals surface area contributed by atoms with Crippen molar-refractivity contribution in [1.29, 1.82) is 0 Å². The van der Waals surface area contributed by atoms with Gasteiger partial charge in [0.25, 0.3) is 0 Å². The number of hydrogen-bond donors (Lipinski definition) is 2. The van der Waals surface area contributed by atoms with Crippen LogP contribution in [0.5, 0.6) is 0 Å². The van der Waals surface area contributed by atoms with Crippen LogP contribution in [0.4, 0.5) is 0 Å². The third-order valence-electron chi connectivity index (χ3n) is 5.32. The number of nitrogens with one attached hydrogen (secondary N) is 2. The van der Waals surface area contributed by atoms with Crippen molar-refractivity contribution < 1.29 is 4.79 Å². The minimum absolute atomic E-state index is 0.0163. The number of amides is 1. The van der Waals surface area contributed by atoms with Crippen molar-refractivity contribution >= 4 is 11.9 Å². The van der Waals surface area contributed by atoms with Crippen molar-refractivity contribution in [1.82, 2.24) is 15.5 Å². The molecular weight excluding hydrogens is 336 g/mol. The van der Waals surface area contributed by atoms with Crippen LogP contribution in [0, 0.1) is 0 Å². The Hall–Kier alpha value is -2.04. The Morgan fingerprint density at radius 2 is 1.96 bits per heavy atom. The summed E-state index contributed by atoms with van der Waals surface area (Å²) in [5.41, 5.74) is 1.28. The Morgan fingerprint density at radius 1 is 1.22 bits per heavy atom. The Morgan fingerprint density at radius 3 is 2.56 bits per heavy atom. The highest BCUT2D eigenvalue weighted by atomic mass is 16.2. The Kier molecular flexibility index (Phi) is 8.14. The van der Waals surface area contributed by atoms with Crippen molar-refractivity contribution in [3.8, 4) is 0 Å². The fourth-order valence-corrected chi connectivity index (χ4v) is 3.59. The Bertz CT molecular complexity index is 612. The minimum Gasteiger partial charge on any atom is -0.357 e. The number of rotatable bonds is 9. The topological polar surface area (TPSA) is 56.7 Å². The number of likely N-dealkylation sites (tertiary alicyclic amines) is 1. The molecule has 0 aliphatic carbocycles. The van der Waals surface area contributed by atoms with E-state index in [0.29, 0.717) is 24.9 Å². The molecule has 2 N–H and O–H groups in total. The lowest BCUT2D eigenvalue weighted by molar-refractivity contribution is -0.129. The highest BCUT2D eigenvalue weighted by Gasteiger charge is 2.26. The van der Waals surface area contributed by atoms with Crippen molar-refractivity contribution in [2.75, 3.05) is 26.2 Å². The standard InChI is InChI=1S/C22H36N4O/c1-5-19(26-16-10-13-20(26)27)14-15-24-21(23-6-2)25-17-22(3,4)18-11-8-7-9-12-18/h7-9,11-12,19H,5-6,10,13-17H2,1-4H3,(H2,23,24,25). The molecule has 1 fully saturated rings. The van der Waals surface area contributed by atoms with Gasteiger partial charge < -0.3 is 15.5 Å². The monoisotopic (exact) mass is 372 g/mol. The van der Waals surface area contributed by atoms with Crippen LogP contribution in [-0.4, -0.2) is 49.0 Å². The average Bonchev–Trinajstić information content (AvgIpc) is 3.10.